The van der Waals surface area contributed by atoms with Gasteiger partial charge in [0.1, 0.15) is 55.4 Å². The van der Waals surface area contributed by atoms with E-state index in [9.17, 15) is 45.3 Å². The van der Waals surface area contributed by atoms with Crippen LogP contribution in [0.25, 0.3) is 0 Å². The van der Waals surface area contributed by atoms with Gasteiger partial charge in [-0.25, -0.2) is 0 Å². The van der Waals surface area contributed by atoms with Crippen molar-refractivity contribution in [3.05, 3.63) is 30.0 Å². The molecule has 66 heavy (non-hydrogen) atoms. The molecule has 7 N–H and O–H groups in total. The highest BCUT2D eigenvalue weighted by Gasteiger charge is 2.47. The molecule has 0 aromatic heterocycles. The number of carbonyl (C=O) groups is 2. The molecule has 0 radical (unpaired) electrons. The van der Waals surface area contributed by atoms with Crippen LogP contribution in [0.5, 0.6) is 0 Å². The minimum atomic E-state index is -1.77. The summed E-state index contributed by atoms with van der Waals surface area (Å²) in [5, 5.41) is 72.0. The van der Waals surface area contributed by atoms with Crippen molar-refractivity contribution in [1.29, 1.82) is 0 Å². The first kappa shape index (κ1) is 59.9. The second kappa shape index (κ2) is 38.6. The van der Waals surface area contributed by atoms with Gasteiger partial charge in [0.25, 0.3) is 0 Å². The minimum Gasteiger partial charge on any atom is -0.462 e. The van der Waals surface area contributed by atoms with Gasteiger partial charge >= 0.3 is 11.9 Å². The van der Waals surface area contributed by atoms with Crippen molar-refractivity contribution in [2.24, 2.45) is 0 Å². The number of allylic oxidation sites excluding steroid dienone is 3. The van der Waals surface area contributed by atoms with Crippen LogP contribution in [0.1, 0.15) is 187 Å². The van der Waals surface area contributed by atoms with Crippen molar-refractivity contribution in [3.8, 4) is 0 Å². The van der Waals surface area contributed by atoms with Gasteiger partial charge in [-0.15, -0.1) is 5.73 Å². The molecular weight excluding hydrogens is 853 g/mol. The number of rotatable bonds is 39. The molecule has 4 unspecified atom stereocenters. The zero-order valence-electron chi connectivity index (χ0n) is 40.5. The standard InChI is InChI=1S/C51H90O15/c1-3-5-7-9-11-13-15-17-19-21-23-25-27-29-31-33-42(53)61-36-39(64-43(54)34-32-30-28-26-24-22-20-18-16-14-12-10-8-6-4-2)37-62-50-49(60)47(58)45(56)41(66-50)38-63-51-48(59)46(57)44(55)40(35-52)65-51/h9,11,16,20,39-41,44-52,55-60H,3-8,10,12-15,17,19,21-38H2,1-2H3/b11-9+/t18?,39-,40-,41-,44+,45+,46?,47?,48?,49?,50-,51-/m1/s1. The Hall–Kier alpha value is -2.24. The van der Waals surface area contributed by atoms with Crippen molar-refractivity contribution in [1.82, 2.24) is 0 Å². The highest BCUT2D eigenvalue weighted by molar-refractivity contribution is 5.70. The summed E-state index contributed by atoms with van der Waals surface area (Å²) in [6.07, 6.45) is 19.8. The number of ether oxygens (including phenoxy) is 6. The Morgan fingerprint density at radius 3 is 1.53 bits per heavy atom. The fourth-order valence-corrected chi connectivity index (χ4v) is 7.88. The van der Waals surface area contributed by atoms with Gasteiger partial charge in [0.05, 0.1) is 19.8 Å². The molecule has 2 aliphatic heterocycles. The van der Waals surface area contributed by atoms with Crippen LogP contribution >= 0.6 is 0 Å². The molecule has 2 fully saturated rings. The molecule has 0 saturated carbocycles. The molecular formula is C51H90O15. The zero-order chi connectivity index (χ0) is 48.2. The van der Waals surface area contributed by atoms with E-state index in [0.717, 1.165) is 64.2 Å². The summed E-state index contributed by atoms with van der Waals surface area (Å²) in [4.78, 5) is 25.7. The zero-order valence-corrected chi connectivity index (χ0v) is 40.5. The third kappa shape index (κ3) is 26.5. The maximum Gasteiger partial charge on any atom is 0.306 e. The van der Waals surface area contributed by atoms with Crippen molar-refractivity contribution < 1.29 is 73.8 Å². The van der Waals surface area contributed by atoms with Crippen molar-refractivity contribution in [2.75, 3.05) is 26.4 Å². The summed E-state index contributed by atoms with van der Waals surface area (Å²) in [6, 6.07) is 0. The van der Waals surface area contributed by atoms with E-state index in [4.69, 9.17) is 28.4 Å². The van der Waals surface area contributed by atoms with Gasteiger partial charge in [0.2, 0.25) is 0 Å². The summed E-state index contributed by atoms with van der Waals surface area (Å²) in [6.45, 7) is 2.52. The number of unbranched alkanes of at least 4 members (excludes halogenated alkanes) is 21. The lowest BCUT2D eigenvalue weighted by molar-refractivity contribution is -0.332. The Morgan fingerprint density at radius 1 is 0.515 bits per heavy atom. The van der Waals surface area contributed by atoms with E-state index in [2.05, 4.69) is 43.9 Å². The molecule has 384 valence electrons. The van der Waals surface area contributed by atoms with Crippen LogP contribution in [0, 0.1) is 0 Å². The van der Waals surface area contributed by atoms with Crippen LogP contribution in [0.15, 0.2) is 30.0 Å². The molecule has 15 heteroatoms. The van der Waals surface area contributed by atoms with Crippen LogP contribution in [0.4, 0.5) is 0 Å². The first-order chi connectivity index (χ1) is 32.0. The van der Waals surface area contributed by atoms with E-state index >= 15 is 0 Å². The predicted molar refractivity (Wildman–Crippen MR) is 251 cm³/mol. The highest BCUT2D eigenvalue weighted by Crippen LogP contribution is 2.26. The Kier molecular flexibility index (Phi) is 35.0. The second-order valence-corrected chi connectivity index (χ2v) is 18.1. The summed E-state index contributed by atoms with van der Waals surface area (Å²) >= 11 is 0. The average molecular weight is 943 g/mol. The predicted octanol–water partition coefficient (Wildman–Crippen LogP) is 6.92. The third-order valence-corrected chi connectivity index (χ3v) is 12.2. The molecule has 11 atom stereocenters. The lowest BCUT2D eigenvalue weighted by Gasteiger charge is -2.42. The molecule has 0 aliphatic carbocycles. The normalized spacial score (nSPS) is 26.0. The number of hydrogen-bond acceptors (Lipinski definition) is 15. The molecule has 0 spiro atoms. The first-order valence-electron chi connectivity index (χ1n) is 25.7. The molecule has 0 bridgehead atoms. The van der Waals surface area contributed by atoms with Gasteiger partial charge in [-0.1, -0.05) is 129 Å². The van der Waals surface area contributed by atoms with Crippen molar-refractivity contribution in [2.45, 2.75) is 255 Å². The number of esters is 2. The van der Waals surface area contributed by atoms with E-state index in [0.29, 0.717) is 12.8 Å². The van der Waals surface area contributed by atoms with Crippen LogP contribution in [-0.4, -0.2) is 142 Å². The van der Waals surface area contributed by atoms with E-state index in [1.54, 1.807) is 0 Å². The molecule has 2 aliphatic rings. The van der Waals surface area contributed by atoms with Crippen molar-refractivity contribution >= 4 is 11.9 Å². The van der Waals surface area contributed by atoms with Crippen LogP contribution < -0.4 is 0 Å². The molecule has 2 rings (SSSR count). The highest BCUT2D eigenvalue weighted by atomic mass is 16.7. The molecule has 2 saturated heterocycles. The van der Waals surface area contributed by atoms with Gasteiger partial charge in [-0.2, -0.15) is 0 Å². The largest absolute Gasteiger partial charge is 0.462 e. The van der Waals surface area contributed by atoms with E-state index in [1.807, 2.05) is 0 Å². The Morgan fingerprint density at radius 2 is 0.970 bits per heavy atom. The van der Waals surface area contributed by atoms with Gasteiger partial charge < -0.3 is 64.2 Å². The van der Waals surface area contributed by atoms with Crippen LogP contribution in [0.2, 0.25) is 0 Å². The molecule has 0 aromatic carbocycles. The second-order valence-electron chi connectivity index (χ2n) is 18.1. The summed E-state index contributed by atoms with van der Waals surface area (Å²) in [5.74, 6) is -0.946. The van der Waals surface area contributed by atoms with E-state index in [-0.39, 0.29) is 26.1 Å². The van der Waals surface area contributed by atoms with Gasteiger partial charge in [0, 0.05) is 12.8 Å². The lowest BCUT2D eigenvalue weighted by Crippen LogP contribution is -2.61. The third-order valence-electron chi connectivity index (χ3n) is 12.2. The number of aliphatic hydroxyl groups is 7. The number of hydrogen-bond donors (Lipinski definition) is 7. The van der Waals surface area contributed by atoms with Crippen LogP contribution in [0.3, 0.4) is 0 Å². The summed E-state index contributed by atoms with van der Waals surface area (Å²) in [7, 11) is 0. The molecule has 0 amide bonds. The Labute approximate surface area is 395 Å². The van der Waals surface area contributed by atoms with E-state index in [1.165, 1.54) is 83.5 Å². The van der Waals surface area contributed by atoms with E-state index < -0.39 is 92.7 Å². The maximum absolute atomic E-state index is 13.0. The van der Waals surface area contributed by atoms with Gasteiger partial charge in [0.15, 0.2) is 18.7 Å². The molecule has 2 heterocycles. The SMILES string of the molecule is CCCC/C=C/CCCCCCCCCCCC(=O)OC[C@H](CO[C@@H]1O[C@H](CO[C@@H]2O[C@H](CO)[C@H](O)C(O)C2O)[C@H](O)C(O)C1O)OC(=O)CCCCCCCC=C=CCCCCCCC. The topological polar surface area (TPSA) is 231 Å². The molecule has 0 aromatic rings. The van der Waals surface area contributed by atoms with Gasteiger partial charge in [-0.3, -0.25) is 9.59 Å². The molecule has 15 nitrogen and oxygen atoms in total. The maximum atomic E-state index is 13.0. The monoisotopic (exact) mass is 943 g/mol. The lowest BCUT2D eigenvalue weighted by atomic mass is 9.98. The quantitative estimate of drug-likeness (QED) is 0.0144. The average Bonchev–Trinajstić information content (AvgIpc) is 3.31. The smallest absolute Gasteiger partial charge is 0.306 e. The number of carbonyl (C=O) groups excluding carboxylic acids is 2. The fourth-order valence-electron chi connectivity index (χ4n) is 7.88. The van der Waals surface area contributed by atoms with Gasteiger partial charge in [-0.05, 0) is 69.9 Å². The van der Waals surface area contributed by atoms with Crippen molar-refractivity contribution in [3.63, 3.8) is 0 Å². The summed E-state index contributed by atoms with van der Waals surface area (Å²) < 4.78 is 33.5. The van der Waals surface area contributed by atoms with Crippen LogP contribution in [-0.2, 0) is 38.0 Å². The first-order valence-corrected chi connectivity index (χ1v) is 25.7. The minimum absolute atomic E-state index is 0.145. The number of aliphatic hydroxyl groups excluding tert-OH is 7. The summed E-state index contributed by atoms with van der Waals surface area (Å²) in [5.41, 5.74) is 3.29. The Bertz CT molecular complexity index is 1310. The Balaban J connectivity index is 1.82. The fraction of sp³-hybridized carbons (Fsp3) is 0.863.